The highest BCUT2D eigenvalue weighted by molar-refractivity contribution is 5.39. The van der Waals surface area contributed by atoms with Crippen LogP contribution in [-0.2, 0) is 9.47 Å². The summed E-state index contributed by atoms with van der Waals surface area (Å²) in [6, 6.07) is 7.73. The maximum atomic E-state index is 5.77. The van der Waals surface area contributed by atoms with Crippen molar-refractivity contribution in [3.63, 3.8) is 0 Å². The lowest BCUT2D eigenvalue weighted by Gasteiger charge is -2.18. The molecule has 0 spiro atoms. The second kappa shape index (κ2) is 10.5. The number of hydrogen-bond acceptors (Lipinski definition) is 4. The maximum Gasteiger partial charge on any atom is 0.161 e. The van der Waals surface area contributed by atoms with Gasteiger partial charge in [-0.1, -0.05) is 19.1 Å². The summed E-state index contributed by atoms with van der Waals surface area (Å²) in [7, 11) is 0. The van der Waals surface area contributed by atoms with Crippen molar-refractivity contribution in [1.29, 1.82) is 0 Å². The Morgan fingerprint density at radius 1 is 0.850 bits per heavy atom. The number of rotatable bonds is 11. The first-order valence-corrected chi connectivity index (χ1v) is 7.39. The smallest absolute Gasteiger partial charge is 0.161 e. The second-order valence-electron chi connectivity index (χ2n) is 4.27. The van der Waals surface area contributed by atoms with Crippen LogP contribution in [0.25, 0.3) is 0 Å². The third kappa shape index (κ3) is 6.26. The van der Waals surface area contributed by atoms with E-state index in [1.54, 1.807) is 0 Å². The van der Waals surface area contributed by atoms with Gasteiger partial charge < -0.3 is 18.9 Å². The minimum atomic E-state index is -0.200. The Morgan fingerprint density at radius 2 is 1.40 bits per heavy atom. The summed E-state index contributed by atoms with van der Waals surface area (Å²) in [5, 5.41) is 0. The van der Waals surface area contributed by atoms with Gasteiger partial charge in [-0.25, -0.2) is 0 Å². The van der Waals surface area contributed by atoms with Crippen LogP contribution in [0.3, 0.4) is 0 Å². The number of benzene rings is 1. The predicted molar refractivity (Wildman–Crippen MR) is 79.4 cm³/mol. The van der Waals surface area contributed by atoms with Crippen LogP contribution < -0.4 is 9.47 Å². The Labute approximate surface area is 122 Å². The van der Waals surface area contributed by atoms with Crippen LogP contribution in [0, 0.1) is 0 Å². The molecular weight excluding hydrogens is 256 g/mol. The van der Waals surface area contributed by atoms with Gasteiger partial charge in [0.05, 0.1) is 13.2 Å². The van der Waals surface area contributed by atoms with Gasteiger partial charge in [0.15, 0.2) is 17.8 Å². The standard InChI is InChI=1S/C16H26O4/c1-4-12-19-14-9-7-8-10-15(14)20-13-11-16(17-5-2)18-6-3/h7-10,16H,4-6,11-13H2,1-3H3. The lowest BCUT2D eigenvalue weighted by atomic mass is 10.3. The van der Waals surface area contributed by atoms with Crippen LogP contribution >= 0.6 is 0 Å². The molecule has 0 heterocycles. The first-order chi connectivity index (χ1) is 9.81. The minimum absolute atomic E-state index is 0.200. The van der Waals surface area contributed by atoms with Crippen molar-refractivity contribution in [2.75, 3.05) is 26.4 Å². The van der Waals surface area contributed by atoms with Crippen molar-refractivity contribution >= 4 is 0 Å². The summed E-state index contributed by atoms with van der Waals surface area (Å²) < 4.78 is 22.4. The Bertz CT molecular complexity index is 348. The van der Waals surface area contributed by atoms with Crippen molar-refractivity contribution in [2.24, 2.45) is 0 Å². The lowest BCUT2D eigenvalue weighted by Crippen LogP contribution is -2.20. The molecule has 0 bridgehead atoms. The number of hydrogen-bond donors (Lipinski definition) is 0. The molecule has 114 valence electrons. The van der Waals surface area contributed by atoms with E-state index in [0.29, 0.717) is 32.8 Å². The van der Waals surface area contributed by atoms with Gasteiger partial charge in [-0.2, -0.15) is 0 Å². The molecule has 0 aliphatic rings. The number of para-hydroxylation sites is 2. The molecule has 0 aromatic heterocycles. The molecule has 0 saturated heterocycles. The molecule has 0 saturated carbocycles. The van der Waals surface area contributed by atoms with Gasteiger partial charge >= 0.3 is 0 Å². The molecule has 0 fully saturated rings. The molecule has 1 aromatic carbocycles. The molecule has 0 amide bonds. The fourth-order valence-electron chi connectivity index (χ4n) is 1.75. The van der Waals surface area contributed by atoms with Gasteiger partial charge in [-0.15, -0.1) is 0 Å². The van der Waals surface area contributed by atoms with E-state index in [9.17, 15) is 0 Å². The zero-order chi connectivity index (χ0) is 14.6. The van der Waals surface area contributed by atoms with E-state index in [1.807, 2.05) is 38.1 Å². The fraction of sp³-hybridized carbons (Fsp3) is 0.625. The molecule has 0 N–H and O–H groups in total. The average molecular weight is 282 g/mol. The highest BCUT2D eigenvalue weighted by Gasteiger charge is 2.09. The Balaban J connectivity index is 2.43. The first kappa shape index (κ1) is 16.8. The highest BCUT2D eigenvalue weighted by atomic mass is 16.7. The number of ether oxygens (including phenoxy) is 4. The van der Waals surface area contributed by atoms with Crippen LogP contribution in [0.15, 0.2) is 24.3 Å². The largest absolute Gasteiger partial charge is 0.490 e. The van der Waals surface area contributed by atoms with Crippen LogP contribution in [0.4, 0.5) is 0 Å². The molecule has 20 heavy (non-hydrogen) atoms. The van der Waals surface area contributed by atoms with Crippen molar-refractivity contribution in [3.8, 4) is 11.5 Å². The zero-order valence-electron chi connectivity index (χ0n) is 12.8. The highest BCUT2D eigenvalue weighted by Crippen LogP contribution is 2.26. The van der Waals surface area contributed by atoms with E-state index >= 15 is 0 Å². The summed E-state index contributed by atoms with van der Waals surface area (Å²) in [6.07, 6.45) is 1.48. The summed E-state index contributed by atoms with van der Waals surface area (Å²) in [5.41, 5.74) is 0. The van der Waals surface area contributed by atoms with Crippen molar-refractivity contribution in [1.82, 2.24) is 0 Å². The molecule has 0 radical (unpaired) electrons. The molecule has 1 rings (SSSR count). The maximum absolute atomic E-state index is 5.77. The molecule has 0 atom stereocenters. The Kier molecular flexibility index (Phi) is 8.83. The van der Waals surface area contributed by atoms with Gasteiger partial charge in [0.25, 0.3) is 0 Å². The van der Waals surface area contributed by atoms with E-state index in [0.717, 1.165) is 17.9 Å². The fourth-order valence-corrected chi connectivity index (χ4v) is 1.75. The van der Waals surface area contributed by atoms with E-state index < -0.39 is 0 Å². The van der Waals surface area contributed by atoms with Crippen molar-refractivity contribution < 1.29 is 18.9 Å². The normalized spacial score (nSPS) is 10.8. The molecule has 1 aromatic rings. The summed E-state index contributed by atoms with van der Waals surface area (Å²) in [5.74, 6) is 1.56. The second-order valence-corrected chi connectivity index (χ2v) is 4.27. The van der Waals surface area contributed by atoms with E-state index in [4.69, 9.17) is 18.9 Å². The molecular formula is C16H26O4. The molecule has 4 heteroatoms. The predicted octanol–water partition coefficient (Wildman–Crippen LogP) is 3.64. The Morgan fingerprint density at radius 3 is 1.90 bits per heavy atom. The summed E-state index contributed by atoms with van der Waals surface area (Å²) in [4.78, 5) is 0. The van der Waals surface area contributed by atoms with Crippen LogP contribution in [0.5, 0.6) is 11.5 Å². The summed E-state index contributed by atoms with van der Waals surface area (Å²) >= 11 is 0. The molecule has 0 aliphatic carbocycles. The van der Waals surface area contributed by atoms with Crippen LogP contribution in [-0.4, -0.2) is 32.7 Å². The van der Waals surface area contributed by atoms with E-state index in [-0.39, 0.29) is 6.29 Å². The van der Waals surface area contributed by atoms with Crippen molar-refractivity contribution in [2.45, 2.75) is 39.9 Å². The third-order valence-electron chi connectivity index (χ3n) is 2.63. The van der Waals surface area contributed by atoms with Gasteiger partial charge in [0.1, 0.15) is 0 Å². The van der Waals surface area contributed by atoms with E-state index in [1.165, 1.54) is 0 Å². The minimum Gasteiger partial charge on any atom is -0.490 e. The molecule has 0 aliphatic heterocycles. The summed E-state index contributed by atoms with van der Waals surface area (Å²) in [6.45, 7) is 8.51. The Hall–Kier alpha value is -1.26. The molecule has 0 unspecified atom stereocenters. The monoisotopic (exact) mass is 282 g/mol. The van der Waals surface area contributed by atoms with Crippen LogP contribution in [0.2, 0.25) is 0 Å². The third-order valence-corrected chi connectivity index (χ3v) is 2.63. The van der Waals surface area contributed by atoms with Crippen LogP contribution in [0.1, 0.15) is 33.6 Å². The lowest BCUT2D eigenvalue weighted by molar-refractivity contribution is -0.142. The molecule has 4 nitrogen and oxygen atoms in total. The van der Waals surface area contributed by atoms with Gasteiger partial charge in [0.2, 0.25) is 0 Å². The van der Waals surface area contributed by atoms with Gasteiger partial charge in [-0.05, 0) is 32.4 Å². The van der Waals surface area contributed by atoms with Gasteiger partial charge in [0, 0.05) is 19.6 Å². The zero-order valence-corrected chi connectivity index (χ0v) is 12.8. The quantitative estimate of drug-likeness (QED) is 0.581. The topological polar surface area (TPSA) is 36.9 Å². The average Bonchev–Trinajstić information content (AvgIpc) is 2.46. The van der Waals surface area contributed by atoms with Crippen molar-refractivity contribution in [3.05, 3.63) is 24.3 Å². The SMILES string of the molecule is CCCOc1ccccc1OCCC(OCC)OCC. The first-order valence-electron chi connectivity index (χ1n) is 7.39. The van der Waals surface area contributed by atoms with Gasteiger partial charge in [-0.3, -0.25) is 0 Å². The van der Waals surface area contributed by atoms with E-state index in [2.05, 4.69) is 6.92 Å².